The summed E-state index contributed by atoms with van der Waals surface area (Å²) in [7, 11) is 0. The van der Waals surface area contributed by atoms with Crippen molar-refractivity contribution in [3.63, 3.8) is 0 Å². The Morgan fingerprint density at radius 2 is 2.00 bits per heavy atom. The molecule has 14 heavy (non-hydrogen) atoms. The molecule has 1 aromatic heterocycles. The van der Waals surface area contributed by atoms with Gasteiger partial charge in [0.05, 0.1) is 12.2 Å². The number of nitrogen functional groups attached to an aromatic ring is 1. The summed E-state index contributed by atoms with van der Waals surface area (Å²) >= 11 is 1.42. The summed E-state index contributed by atoms with van der Waals surface area (Å²) in [4.78, 5) is 2.17. The summed E-state index contributed by atoms with van der Waals surface area (Å²) in [6.07, 6.45) is 0.479. The van der Waals surface area contributed by atoms with Gasteiger partial charge in [-0.25, -0.2) is 0 Å². The molecule has 0 aromatic carbocycles. The molecular formula is C8H14N4OS. The average molecular weight is 214 g/mol. The number of hydrogen-bond acceptors (Lipinski definition) is 6. The maximum atomic E-state index is 5.63. The van der Waals surface area contributed by atoms with E-state index in [4.69, 9.17) is 10.5 Å². The van der Waals surface area contributed by atoms with Crippen LogP contribution in [0.1, 0.15) is 13.8 Å². The third-order valence-electron chi connectivity index (χ3n) is 2.12. The molecule has 2 rings (SSSR count). The van der Waals surface area contributed by atoms with Crippen molar-refractivity contribution in [3.8, 4) is 0 Å². The topological polar surface area (TPSA) is 64.3 Å². The zero-order chi connectivity index (χ0) is 10.1. The molecule has 0 bridgehead atoms. The first kappa shape index (κ1) is 9.67. The van der Waals surface area contributed by atoms with Crippen LogP contribution in [0.3, 0.4) is 0 Å². The molecular weight excluding hydrogens is 200 g/mol. The molecule has 0 aliphatic carbocycles. The van der Waals surface area contributed by atoms with Crippen LogP contribution in [0.25, 0.3) is 0 Å². The molecule has 5 nitrogen and oxygen atoms in total. The van der Waals surface area contributed by atoms with Crippen molar-refractivity contribution in [1.29, 1.82) is 0 Å². The first-order valence-corrected chi connectivity index (χ1v) is 5.46. The highest BCUT2D eigenvalue weighted by Gasteiger charge is 2.24. The van der Waals surface area contributed by atoms with Crippen molar-refractivity contribution in [1.82, 2.24) is 10.2 Å². The minimum atomic E-state index is 0.240. The highest BCUT2D eigenvalue weighted by molar-refractivity contribution is 7.18. The lowest BCUT2D eigenvalue weighted by molar-refractivity contribution is -0.00525. The van der Waals surface area contributed by atoms with E-state index in [0.29, 0.717) is 5.13 Å². The highest BCUT2D eigenvalue weighted by Crippen LogP contribution is 2.24. The lowest BCUT2D eigenvalue weighted by Crippen LogP contribution is -2.45. The van der Waals surface area contributed by atoms with E-state index in [1.165, 1.54) is 11.3 Å². The van der Waals surface area contributed by atoms with E-state index in [2.05, 4.69) is 28.9 Å². The largest absolute Gasteiger partial charge is 0.374 e. The SMILES string of the molecule is CC1CN(c2nnc(N)s2)CC(C)O1. The molecule has 2 atom stereocenters. The first-order valence-electron chi connectivity index (χ1n) is 4.64. The molecule has 78 valence electrons. The maximum Gasteiger partial charge on any atom is 0.210 e. The van der Waals surface area contributed by atoms with Crippen LogP contribution in [0.5, 0.6) is 0 Å². The van der Waals surface area contributed by atoms with Crippen LogP contribution in [0, 0.1) is 0 Å². The molecule has 2 N–H and O–H groups in total. The van der Waals surface area contributed by atoms with E-state index in [-0.39, 0.29) is 12.2 Å². The molecule has 1 aliphatic rings. The molecule has 2 heterocycles. The summed E-state index contributed by atoms with van der Waals surface area (Å²) in [6, 6.07) is 0. The summed E-state index contributed by atoms with van der Waals surface area (Å²) in [5, 5.41) is 9.24. The number of hydrogen-bond donors (Lipinski definition) is 1. The molecule has 0 spiro atoms. The molecule has 1 aromatic rings. The Kier molecular flexibility index (Phi) is 2.56. The Labute approximate surface area is 86.9 Å². The zero-order valence-corrected chi connectivity index (χ0v) is 9.12. The molecule has 1 aliphatic heterocycles. The minimum Gasteiger partial charge on any atom is -0.374 e. The van der Waals surface area contributed by atoms with Crippen LogP contribution in [0.4, 0.5) is 10.3 Å². The Hall–Kier alpha value is -0.880. The summed E-state index contributed by atoms with van der Waals surface area (Å²) in [5.74, 6) is 0. The van der Waals surface area contributed by atoms with Gasteiger partial charge in [0.15, 0.2) is 0 Å². The van der Waals surface area contributed by atoms with Crippen LogP contribution in [-0.4, -0.2) is 35.5 Å². The fourth-order valence-electron chi connectivity index (χ4n) is 1.69. The quantitative estimate of drug-likeness (QED) is 0.746. The molecule has 1 fully saturated rings. The molecule has 6 heteroatoms. The summed E-state index contributed by atoms with van der Waals surface area (Å²) in [6.45, 7) is 5.85. The maximum absolute atomic E-state index is 5.63. The van der Waals surface area contributed by atoms with Crippen molar-refractivity contribution in [2.75, 3.05) is 23.7 Å². The third kappa shape index (κ3) is 1.96. The van der Waals surface area contributed by atoms with E-state index in [1.807, 2.05) is 0 Å². The lowest BCUT2D eigenvalue weighted by Gasteiger charge is -2.34. The van der Waals surface area contributed by atoms with Gasteiger partial charge in [0.1, 0.15) is 0 Å². The Morgan fingerprint density at radius 3 is 2.50 bits per heavy atom. The van der Waals surface area contributed by atoms with E-state index >= 15 is 0 Å². The van der Waals surface area contributed by atoms with Crippen molar-refractivity contribution >= 4 is 21.6 Å². The number of nitrogens with zero attached hydrogens (tertiary/aromatic N) is 3. The van der Waals surface area contributed by atoms with Crippen molar-refractivity contribution in [2.45, 2.75) is 26.1 Å². The second kappa shape index (κ2) is 3.70. The van der Waals surface area contributed by atoms with Crippen LogP contribution in [0.2, 0.25) is 0 Å². The smallest absolute Gasteiger partial charge is 0.210 e. The zero-order valence-electron chi connectivity index (χ0n) is 8.30. The van der Waals surface area contributed by atoms with E-state index in [0.717, 1.165) is 18.2 Å². The van der Waals surface area contributed by atoms with Gasteiger partial charge in [-0.05, 0) is 13.8 Å². The average Bonchev–Trinajstić information content (AvgIpc) is 2.50. The first-order chi connectivity index (χ1) is 6.65. The summed E-state index contributed by atoms with van der Waals surface area (Å²) < 4.78 is 5.63. The van der Waals surface area contributed by atoms with Gasteiger partial charge in [-0.15, -0.1) is 10.2 Å². The molecule has 0 amide bonds. The van der Waals surface area contributed by atoms with Crippen LogP contribution < -0.4 is 10.6 Å². The van der Waals surface area contributed by atoms with Crippen LogP contribution in [0.15, 0.2) is 0 Å². The van der Waals surface area contributed by atoms with Crippen LogP contribution in [-0.2, 0) is 4.74 Å². The van der Waals surface area contributed by atoms with Crippen molar-refractivity contribution < 1.29 is 4.74 Å². The molecule has 0 radical (unpaired) electrons. The predicted octanol–water partition coefficient (Wildman–Crippen LogP) is 0.734. The molecule has 0 saturated carbocycles. The van der Waals surface area contributed by atoms with Gasteiger partial charge in [0.25, 0.3) is 0 Å². The number of rotatable bonds is 1. The Balaban J connectivity index is 2.10. The second-order valence-electron chi connectivity index (χ2n) is 3.59. The monoisotopic (exact) mass is 214 g/mol. The van der Waals surface area contributed by atoms with Gasteiger partial charge < -0.3 is 15.4 Å². The van der Waals surface area contributed by atoms with Gasteiger partial charge in [-0.2, -0.15) is 0 Å². The van der Waals surface area contributed by atoms with Gasteiger partial charge in [-0.1, -0.05) is 11.3 Å². The predicted molar refractivity (Wildman–Crippen MR) is 56.5 cm³/mol. The van der Waals surface area contributed by atoms with Gasteiger partial charge >= 0.3 is 0 Å². The van der Waals surface area contributed by atoms with Gasteiger partial charge in [0.2, 0.25) is 10.3 Å². The fourth-order valence-corrected chi connectivity index (χ4v) is 2.32. The van der Waals surface area contributed by atoms with Gasteiger partial charge in [-0.3, -0.25) is 0 Å². The van der Waals surface area contributed by atoms with E-state index in [9.17, 15) is 0 Å². The van der Waals surface area contributed by atoms with Crippen molar-refractivity contribution in [3.05, 3.63) is 0 Å². The molecule has 1 saturated heterocycles. The van der Waals surface area contributed by atoms with Gasteiger partial charge in [0, 0.05) is 13.1 Å². The Morgan fingerprint density at radius 1 is 1.36 bits per heavy atom. The number of morpholine rings is 1. The summed E-state index contributed by atoms with van der Waals surface area (Å²) in [5.41, 5.74) is 5.54. The lowest BCUT2D eigenvalue weighted by atomic mass is 10.2. The van der Waals surface area contributed by atoms with Crippen LogP contribution >= 0.6 is 11.3 Å². The number of aromatic nitrogens is 2. The van der Waals surface area contributed by atoms with E-state index in [1.54, 1.807) is 0 Å². The molecule has 2 unspecified atom stereocenters. The standard InChI is InChI=1S/C8H14N4OS/c1-5-3-12(4-6(2)13-5)8-11-10-7(9)14-8/h5-6H,3-4H2,1-2H3,(H2,9,10). The third-order valence-corrected chi connectivity index (χ3v) is 2.93. The minimum absolute atomic E-state index is 0.240. The second-order valence-corrected chi connectivity index (χ2v) is 4.57. The normalized spacial score (nSPS) is 28.0. The van der Waals surface area contributed by atoms with E-state index < -0.39 is 0 Å². The number of ether oxygens (including phenoxy) is 1. The Bertz CT molecular complexity index is 306. The number of nitrogens with two attached hydrogens (primary N) is 1. The van der Waals surface area contributed by atoms with Crippen molar-refractivity contribution in [2.24, 2.45) is 0 Å². The fraction of sp³-hybridized carbons (Fsp3) is 0.750. The number of anilines is 2. The highest BCUT2D eigenvalue weighted by atomic mass is 32.1.